The van der Waals surface area contributed by atoms with Gasteiger partial charge in [0, 0.05) is 0 Å². The molecule has 1 aliphatic heterocycles. The molecular formula is C27H24O8. The number of aliphatic hydroxyl groups is 1. The summed E-state index contributed by atoms with van der Waals surface area (Å²) in [5.74, 6) is -2.18. The van der Waals surface area contributed by atoms with Crippen molar-refractivity contribution in [3.8, 4) is 0 Å². The van der Waals surface area contributed by atoms with Gasteiger partial charge >= 0.3 is 17.9 Å². The van der Waals surface area contributed by atoms with E-state index >= 15 is 0 Å². The molecule has 1 N–H and O–H groups in total. The topological polar surface area (TPSA) is 108 Å². The van der Waals surface area contributed by atoms with Crippen LogP contribution in [-0.2, 0) is 18.9 Å². The Labute approximate surface area is 202 Å². The first-order chi connectivity index (χ1) is 16.9. The van der Waals surface area contributed by atoms with Gasteiger partial charge in [0.15, 0.2) is 24.6 Å². The quantitative estimate of drug-likeness (QED) is 0.426. The van der Waals surface area contributed by atoms with Crippen LogP contribution in [0, 0.1) is 0 Å². The van der Waals surface area contributed by atoms with Gasteiger partial charge in [-0.25, -0.2) is 14.4 Å². The molecule has 5 atom stereocenters. The van der Waals surface area contributed by atoms with Crippen LogP contribution in [0.15, 0.2) is 91.0 Å². The first kappa shape index (κ1) is 24.1. The number of carbonyl (C=O) groups excluding carboxylic acids is 3. The van der Waals surface area contributed by atoms with E-state index in [0.717, 1.165) is 0 Å². The van der Waals surface area contributed by atoms with Gasteiger partial charge in [0.2, 0.25) is 0 Å². The molecule has 0 unspecified atom stereocenters. The fourth-order valence-corrected chi connectivity index (χ4v) is 3.71. The Bertz CT molecular complexity index is 1080. The Morgan fingerprint density at radius 1 is 0.600 bits per heavy atom. The minimum atomic E-state index is -1.63. The number of ether oxygens (including phenoxy) is 4. The number of carbonyl (C=O) groups is 3. The van der Waals surface area contributed by atoms with E-state index in [1.54, 1.807) is 97.9 Å². The van der Waals surface area contributed by atoms with Gasteiger partial charge in [-0.3, -0.25) is 0 Å². The molecule has 1 heterocycles. The highest BCUT2D eigenvalue weighted by atomic mass is 16.7. The number of hydrogen-bond donors (Lipinski definition) is 1. The molecule has 0 amide bonds. The van der Waals surface area contributed by atoms with E-state index in [0.29, 0.717) is 0 Å². The number of esters is 3. The Morgan fingerprint density at radius 2 is 0.943 bits per heavy atom. The molecule has 180 valence electrons. The van der Waals surface area contributed by atoms with E-state index in [9.17, 15) is 19.5 Å². The summed E-state index contributed by atoms with van der Waals surface area (Å²) in [6, 6.07) is 24.6. The van der Waals surface area contributed by atoms with E-state index in [2.05, 4.69) is 0 Å². The van der Waals surface area contributed by atoms with Crippen LogP contribution in [0.3, 0.4) is 0 Å². The van der Waals surface area contributed by atoms with Gasteiger partial charge in [-0.2, -0.15) is 0 Å². The van der Waals surface area contributed by atoms with Crippen LogP contribution < -0.4 is 0 Å². The van der Waals surface area contributed by atoms with Crippen LogP contribution in [0.1, 0.15) is 38.0 Å². The molecule has 35 heavy (non-hydrogen) atoms. The van der Waals surface area contributed by atoms with Crippen LogP contribution in [0.2, 0.25) is 0 Å². The van der Waals surface area contributed by atoms with Crippen molar-refractivity contribution in [1.29, 1.82) is 0 Å². The van der Waals surface area contributed by atoms with Crippen molar-refractivity contribution >= 4 is 17.9 Å². The highest BCUT2D eigenvalue weighted by molar-refractivity contribution is 5.91. The average molecular weight is 476 g/mol. The molecule has 8 heteroatoms. The molecule has 0 bridgehead atoms. The van der Waals surface area contributed by atoms with Crippen LogP contribution in [0.25, 0.3) is 0 Å². The van der Waals surface area contributed by atoms with Gasteiger partial charge in [-0.05, 0) is 43.3 Å². The largest absolute Gasteiger partial charge is 0.452 e. The monoisotopic (exact) mass is 476 g/mol. The fourth-order valence-electron chi connectivity index (χ4n) is 3.71. The first-order valence-electron chi connectivity index (χ1n) is 11.1. The van der Waals surface area contributed by atoms with Crippen molar-refractivity contribution in [2.24, 2.45) is 0 Å². The van der Waals surface area contributed by atoms with E-state index in [1.807, 2.05) is 0 Å². The minimum Gasteiger partial charge on any atom is -0.452 e. The predicted octanol–water partition coefficient (Wildman–Crippen LogP) is 3.40. The maximum atomic E-state index is 12.9. The molecular weight excluding hydrogens is 452 g/mol. The number of aliphatic hydroxyl groups excluding tert-OH is 1. The summed E-state index contributed by atoms with van der Waals surface area (Å²) in [7, 11) is 0. The Hall–Kier alpha value is -4.01. The lowest BCUT2D eigenvalue weighted by molar-refractivity contribution is -0.275. The van der Waals surface area contributed by atoms with Gasteiger partial charge in [0.1, 0.15) is 0 Å². The van der Waals surface area contributed by atoms with Crippen molar-refractivity contribution in [3.05, 3.63) is 108 Å². The third-order valence-electron chi connectivity index (χ3n) is 5.50. The second-order valence-electron chi connectivity index (χ2n) is 7.94. The number of hydrogen-bond acceptors (Lipinski definition) is 8. The molecule has 4 rings (SSSR count). The summed E-state index contributed by atoms with van der Waals surface area (Å²) in [5, 5.41) is 10.6. The van der Waals surface area contributed by atoms with Gasteiger partial charge in [-0.1, -0.05) is 54.6 Å². The van der Waals surface area contributed by atoms with E-state index in [1.165, 1.54) is 0 Å². The zero-order chi connectivity index (χ0) is 24.8. The lowest BCUT2D eigenvalue weighted by Gasteiger charge is -2.42. The summed E-state index contributed by atoms with van der Waals surface area (Å²) >= 11 is 0. The molecule has 0 saturated carbocycles. The molecule has 0 radical (unpaired) electrons. The fraction of sp³-hybridized carbons (Fsp3) is 0.222. The Balaban J connectivity index is 1.63. The Morgan fingerprint density at radius 3 is 1.34 bits per heavy atom. The second-order valence-corrected chi connectivity index (χ2v) is 7.94. The molecule has 1 aliphatic rings. The van der Waals surface area contributed by atoms with Crippen molar-refractivity contribution in [1.82, 2.24) is 0 Å². The van der Waals surface area contributed by atoms with Gasteiger partial charge in [0.25, 0.3) is 0 Å². The molecule has 0 aliphatic carbocycles. The van der Waals surface area contributed by atoms with Crippen molar-refractivity contribution in [2.75, 3.05) is 0 Å². The third-order valence-corrected chi connectivity index (χ3v) is 5.50. The van der Waals surface area contributed by atoms with Crippen LogP contribution in [0.5, 0.6) is 0 Å². The number of benzene rings is 3. The highest BCUT2D eigenvalue weighted by Crippen LogP contribution is 2.29. The standard InChI is InChI=1S/C27H24O8/c1-17-21(33-24(28)18-11-5-2-6-12-18)22(34-25(29)19-13-7-3-8-14-19)23(27(31)32-17)35-26(30)20-15-9-4-10-16-20/h2-17,21-23,27,31H,1H3/t17-,21+,22+,23-,27-/m0/s1. The predicted molar refractivity (Wildman–Crippen MR) is 123 cm³/mol. The van der Waals surface area contributed by atoms with Crippen molar-refractivity contribution in [2.45, 2.75) is 37.6 Å². The minimum absolute atomic E-state index is 0.226. The highest BCUT2D eigenvalue weighted by Gasteiger charge is 2.50. The van der Waals surface area contributed by atoms with Gasteiger partial charge < -0.3 is 24.1 Å². The maximum Gasteiger partial charge on any atom is 0.338 e. The van der Waals surface area contributed by atoms with E-state index in [-0.39, 0.29) is 16.7 Å². The summed E-state index contributed by atoms with van der Waals surface area (Å²) in [4.78, 5) is 38.5. The van der Waals surface area contributed by atoms with Gasteiger partial charge in [0.05, 0.1) is 22.8 Å². The third kappa shape index (κ3) is 5.74. The van der Waals surface area contributed by atoms with Crippen LogP contribution in [-0.4, -0.2) is 53.7 Å². The van der Waals surface area contributed by atoms with Crippen molar-refractivity contribution in [3.63, 3.8) is 0 Å². The molecule has 1 saturated heterocycles. The summed E-state index contributed by atoms with van der Waals surface area (Å²) in [6.45, 7) is 1.56. The number of rotatable bonds is 6. The van der Waals surface area contributed by atoms with Gasteiger partial charge in [-0.15, -0.1) is 0 Å². The summed E-state index contributed by atoms with van der Waals surface area (Å²) in [5.41, 5.74) is 0.739. The lowest BCUT2D eigenvalue weighted by Crippen LogP contribution is -2.60. The van der Waals surface area contributed by atoms with Crippen LogP contribution >= 0.6 is 0 Å². The van der Waals surface area contributed by atoms with E-state index in [4.69, 9.17) is 18.9 Å². The SMILES string of the molecule is C[C@@H]1O[C@H](O)[C@@H](OC(=O)c2ccccc2)[C@H](OC(=O)c2ccccc2)[C@@H]1OC(=O)c1ccccc1. The normalized spacial score (nSPS) is 23.7. The molecule has 3 aromatic rings. The lowest BCUT2D eigenvalue weighted by atomic mass is 9.98. The molecule has 0 spiro atoms. The second kappa shape index (κ2) is 10.9. The summed E-state index contributed by atoms with van der Waals surface area (Å²) < 4.78 is 22.4. The van der Waals surface area contributed by atoms with E-state index < -0.39 is 48.6 Å². The molecule has 1 fully saturated rings. The average Bonchev–Trinajstić information content (AvgIpc) is 2.89. The molecule has 8 nitrogen and oxygen atoms in total. The zero-order valence-corrected chi connectivity index (χ0v) is 18.9. The van der Waals surface area contributed by atoms with Crippen molar-refractivity contribution < 1.29 is 38.4 Å². The summed E-state index contributed by atoms with van der Waals surface area (Å²) in [6.07, 6.45) is -6.48. The first-order valence-corrected chi connectivity index (χ1v) is 11.1. The zero-order valence-electron chi connectivity index (χ0n) is 18.9. The molecule has 0 aromatic heterocycles. The Kier molecular flexibility index (Phi) is 7.54. The van der Waals surface area contributed by atoms with Crippen LogP contribution in [0.4, 0.5) is 0 Å². The maximum absolute atomic E-state index is 12.9. The smallest absolute Gasteiger partial charge is 0.338 e. The molecule has 3 aromatic carbocycles.